The van der Waals surface area contributed by atoms with Gasteiger partial charge in [-0.3, -0.25) is 24.5 Å². The van der Waals surface area contributed by atoms with E-state index >= 15 is 0 Å². The van der Waals surface area contributed by atoms with Crippen molar-refractivity contribution in [3.63, 3.8) is 0 Å². The second-order valence-corrected chi connectivity index (χ2v) is 6.29. The van der Waals surface area contributed by atoms with E-state index in [1.54, 1.807) is 30.3 Å². The summed E-state index contributed by atoms with van der Waals surface area (Å²) >= 11 is 0. The highest BCUT2D eigenvalue weighted by atomic mass is 16.6. The van der Waals surface area contributed by atoms with Crippen LogP contribution < -0.4 is 10.9 Å². The van der Waals surface area contributed by atoms with Crippen LogP contribution in [0, 0.1) is 0 Å². The summed E-state index contributed by atoms with van der Waals surface area (Å²) in [4.78, 5) is 35.2. The Morgan fingerprint density at radius 1 is 1.25 bits per heavy atom. The van der Waals surface area contributed by atoms with E-state index in [0.717, 1.165) is 0 Å². The first-order valence-electron chi connectivity index (χ1n) is 8.45. The van der Waals surface area contributed by atoms with Crippen LogP contribution >= 0.6 is 0 Å². The molecule has 3 aromatic rings. The molecule has 28 heavy (non-hydrogen) atoms. The zero-order chi connectivity index (χ0) is 19.8. The molecule has 1 saturated heterocycles. The first kappa shape index (κ1) is 18.3. The maximum Gasteiger partial charge on any atom is 0.280 e. The molecule has 1 aliphatic heterocycles. The van der Waals surface area contributed by atoms with Crippen LogP contribution in [0.3, 0.4) is 0 Å². The number of nitrogens with one attached hydrogen (secondary N) is 2. The molecule has 0 spiro atoms. The van der Waals surface area contributed by atoms with Gasteiger partial charge in [-0.25, -0.2) is 4.98 Å². The number of aromatic nitrogens is 4. The number of carbonyl (C=O) groups excluding carboxylic acids is 1. The Hall–Kier alpha value is -3.12. The normalized spacial score (nSPS) is 24.5. The number of imidazole rings is 1. The van der Waals surface area contributed by atoms with Gasteiger partial charge in [-0.2, -0.15) is 4.98 Å². The Balaban J connectivity index is 1.69. The first-order valence-corrected chi connectivity index (χ1v) is 8.45. The van der Waals surface area contributed by atoms with Crippen LogP contribution in [0.15, 0.2) is 41.5 Å². The number of hydrogen-bond donors (Lipinski definition) is 5. The zero-order valence-electron chi connectivity index (χ0n) is 14.4. The molecule has 146 valence electrons. The molecule has 1 fully saturated rings. The summed E-state index contributed by atoms with van der Waals surface area (Å²) in [5, 5.41) is 31.9. The highest BCUT2D eigenvalue weighted by molar-refractivity contribution is 6.03. The van der Waals surface area contributed by atoms with Crippen molar-refractivity contribution < 1.29 is 24.9 Å². The summed E-state index contributed by atoms with van der Waals surface area (Å²) < 4.78 is 6.72. The topological polar surface area (TPSA) is 163 Å². The van der Waals surface area contributed by atoms with Crippen molar-refractivity contribution >= 4 is 23.0 Å². The minimum atomic E-state index is -1.36. The van der Waals surface area contributed by atoms with E-state index in [1.165, 1.54) is 10.9 Å². The Kier molecular flexibility index (Phi) is 4.65. The van der Waals surface area contributed by atoms with Crippen molar-refractivity contribution in [1.82, 2.24) is 19.5 Å². The number of hydrogen-bond acceptors (Lipinski definition) is 8. The van der Waals surface area contributed by atoms with Crippen LogP contribution in [0.5, 0.6) is 0 Å². The van der Waals surface area contributed by atoms with Gasteiger partial charge in [0.2, 0.25) is 5.95 Å². The second kappa shape index (κ2) is 7.13. The van der Waals surface area contributed by atoms with E-state index in [4.69, 9.17) is 4.74 Å². The van der Waals surface area contributed by atoms with Crippen LogP contribution in [-0.4, -0.2) is 65.7 Å². The summed E-state index contributed by atoms with van der Waals surface area (Å²) in [6.45, 7) is -0.492. The van der Waals surface area contributed by atoms with Crippen molar-refractivity contribution in [2.24, 2.45) is 0 Å². The van der Waals surface area contributed by atoms with E-state index in [-0.39, 0.29) is 17.1 Å². The molecule has 1 amide bonds. The predicted octanol–water partition coefficient (Wildman–Crippen LogP) is -1.02. The average molecular weight is 387 g/mol. The van der Waals surface area contributed by atoms with Crippen molar-refractivity contribution in [2.75, 3.05) is 11.9 Å². The Morgan fingerprint density at radius 3 is 2.68 bits per heavy atom. The molecule has 2 aromatic heterocycles. The van der Waals surface area contributed by atoms with Gasteiger partial charge in [0.25, 0.3) is 11.5 Å². The average Bonchev–Trinajstić information content (AvgIpc) is 3.24. The number of aliphatic hydroxyl groups is 3. The molecule has 11 nitrogen and oxygen atoms in total. The number of anilines is 1. The van der Waals surface area contributed by atoms with Crippen LogP contribution in [0.1, 0.15) is 16.6 Å². The number of aromatic amines is 1. The van der Waals surface area contributed by atoms with E-state index in [1.807, 2.05) is 0 Å². The van der Waals surface area contributed by atoms with E-state index < -0.39 is 42.6 Å². The van der Waals surface area contributed by atoms with E-state index in [0.29, 0.717) is 5.56 Å². The van der Waals surface area contributed by atoms with Gasteiger partial charge in [-0.1, -0.05) is 18.2 Å². The lowest BCUT2D eigenvalue weighted by molar-refractivity contribution is -0.0511. The Bertz CT molecular complexity index is 1060. The fraction of sp³-hybridized carbons (Fsp3) is 0.294. The minimum Gasteiger partial charge on any atom is -0.394 e. The number of benzene rings is 1. The summed E-state index contributed by atoms with van der Waals surface area (Å²) in [5.41, 5.74) is -0.210. The van der Waals surface area contributed by atoms with Gasteiger partial charge in [0, 0.05) is 5.56 Å². The number of nitrogens with zero attached hydrogens (tertiary/aromatic N) is 3. The lowest BCUT2D eigenvalue weighted by Gasteiger charge is -2.16. The highest BCUT2D eigenvalue weighted by Crippen LogP contribution is 2.30. The van der Waals surface area contributed by atoms with E-state index in [9.17, 15) is 24.9 Å². The lowest BCUT2D eigenvalue weighted by Crippen LogP contribution is -2.33. The zero-order valence-corrected chi connectivity index (χ0v) is 14.4. The van der Waals surface area contributed by atoms with Gasteiger partial charge in [0.15, 0.2) is 17.4 Å². The highest BCUT2D eigenvalue weighted by Gasteiger charge is 2.44. The first-order chi connectivity index (χ1) is 13.5. The molecule has 3 heterocycles. The molecule has 11 heteroatoms. The molecule has 1 aliphatic rings. The monoisotopic (exact) mass is 387 g/mol. The number of aliphatic hydroxyl groups excluding tert-OH is 3. The number of ether oxygens (including phenoxy) is 1. The molecule has 0 bridgehead atoms. The van der Waals surface area contributed by atoms with Gasteiger partial charge in [-0.15, -0.1) is 0 Å². The Morgan fingerprint density at radius 2 is 2.00 bits per heavy atom. The molecule has 0 radical (unpaired) electrons. The predicted molar refractivity (Wildman–Crippen MR) is 95.6 cm³/mol. The lowest BCUT2D eigenvalue weighted by atomic mass is 10.1. The van der Waals surface area contributed by atoms with Crippen LogP contribution in [0.25, 0.3) is 11.2 Å². The molecule has 4 atom stereocenters. The molecular formula is C17H17N5O6. The maximum absolute atomic E-state index is 12.3. The van der Waals surface area contributed by atoms with Gasteiger partial charge in [0.1, 0.15) is 18.3 Å². The third kappa shape index (κ3) is 3.05. The molecule has 1 aromatic carbocycles. The fourth-order valence-corrected chi connectivity index (χ4v) is 3.05. The van der Waals surface area contributed by atoms with Crippen molar-refractivity contribution in [3.8, 4) is 0 Å². The van der Waals surface area contributed by atoms with Crippen LogP contribution in [0.2, 0.25) is 0 Å². The quantitative estimate of drug-likeness (QED) is 0.380. The van der Waals surface area contributed by atoms with Crippen LogP contribution in [0.4, 0.5) is 5.95 Å². The molecule has 5 N–H and O–H groups in total. The number of H-pyrrole nitrogens is 1. The van der Waals surface area contributed by atoms with Gasteiger partial charge >= 0.3 is 0 Å². The van der Waals surface area contributed by atoms with Gasteiger partial charge in [0.05, 0.1) is 12.9 Å². The van der Waals surface area contributed by atoms with Crippen molar-refractivity contribution in [2.45, 2.75) is 24.5 Å². The molecule has 0 saturated carbocycles. The largest absolute Gasteiger partial charge is 0.394 e. The third-order valence-electron chi connectivity index (χ3n) is 4.49. The number of carbonyl (C=O) groups is 1. The summed E-state index contributed by atoms with van der Waals surface area (Å²) in [6.07, 6.45) is -3.54. The number of amides is 1. The van der Waals surface area contributed by atoms with Crippen LogP contribution in [-0.2, 0) is 4.74 Å². The number of fused-ring (bicyclic) bond motifs is 1. The maximum atomic E-state index is 12.3. The number of rotatable bonds is 4. The van der Waals surface area contributed by atoms with E-state index in [2.05, 4.69) is 20.3 Å². The molecular weight excluding hydrogens is 370 g/mol. The summed E-state index contributed by atoms with van der Waals surface area (Å²) in [6, 6.07) is 8.38. The smallest absolute Gasteiger partial charge is 0.280 e. The summed E-state index contributed by atoms with van der Waals surface area (Å²) in [7, 11) is 0. The van der Waals surface area contributed by atoms with Gasteiger partial charge in [-0.05, 0) is 12.1 Å². The fourth-order valence-electron chi connectivity index (χ4n) is 3.05. The Labute approximate surface area is 157 Å². The minimum absolute atomic E-state index is 0.0320. The molecule has 0 unspecified atom stereocenters. The summed E-state index contributed by atoms with van der Waals surface area (Å²) in [5.74, 6) is -0.582. The molecule has 4 rings (SSSR count). The third-order valence-corrected chi connectivity index (χ3v) is 4.49. The molecule has 0 aliphatic carbocycles. The van der Waals surface area contributed by atoms with Crippen molar-refractivity contribution in [1.29, 1.82) is 0 Å². The standard InChI is InChI=1S/C17H17N5O6/c23-6-9-11(24)12(25)16(28-9)22-7-18-10-13(22)19-17(21-15(10)27)20-14(26)8-4-2-1-3-5-8/h1-5,7,9,11-12,16,23-25H,6H2,(H2,19,20,21,26,27)/t9-,11+,12-,16+/m0/s1. The second-order valence-electron chi connectivity index (χ2n) is 6.29. The van der Waals surface area contributed by atoms with Gasteiger partial charge < -0.3 is 20.1 Å². The van der Waals surface area contributed by atoms with Crippen molar-refractivity contribution in [3.05, 3.63) is 52.6 Å². The SMILES string of the molecule is O=C(Nc1nc2c(ncn2[C@@H]2O[C@@H](CO)[C@@H](O)[C@@H]2O)c(=O)[nH]1)c1ccccc1.